The number of aliphatic carboxylic acids is 1. The van der Waals surface area contributed by atoms with Gasteiger partial charge in [-0.15, -0.1) is 0 Å². The van der Waals surface area contributed by atoms with Gasteiger partial charge in [0.1, 0.15) is 5.54 Å². The summed E-state index contributed by atoms with van der Waals surface area (Å²) in [6.07, 6.45) is 0.354. The highest BCUT2D eigenvalue weighted by molar-refractivity contribution is 6.40. The highest BCUT2D eigenvalue weighted by Crippen LogP contribution is 2.29. The fraction of sp³-hybridized carbons (Fsp3) is 0.381. The largest absolute Gasteiger partial charge is 0.480 e. The minimum Gasteiger partial charge on any atom is -0.480 e. The van der Waals surface area contributed by atoms with Crippen LogP contribution in [0.25, 0.3) is 0 Å². The van der Waals surface area contributed by atoms with E-state index in [0.717, 1.165) is 5.56 Å². The highest BCUT2D eigenvalue weighted by atomic mass is 16.4. The predicted molar refractivity (Wildman–Crippen MR) is 112 cm³/mol. The van der Waals surface area contributed by atoms with Gasteiger partial charge in [-0.05, 0) is 23.9 Å². The lowest BCUT2D eigenvalue weighted by molar-refractivity contribution is -0.143. The average Bonchev–Trinajstić information content (AvgIpc) is 2.72. The average molecular weight is 400 g/mol. The Kier molecular flexibility index (Phi) is 8.82. The molecule has 0 amide bonds. The molecule has 7 N–H and O–H groups in total. The Morgan fingerprint density at radius 2 is 1.55 bits per heavy atom. The lowest BCUT2D eigenvalue weighted by Crippen LogP contribution is -2.56. The van der Waals surface area contributed by atoms with Crippen LogP contribution in [0.2, 0.25) is 6.32 Å². The topological polar surface area (TPSA) is 136 Å². The molecule has 0 fully saturated rings. The molecule has 0 saturated heterocycles. The van der Waals surface area contributed by atoms with Crippen molar-refractivity contribution in [1.29, 1.82) is 0 Å². The number of unbranched alkanes of at least 4 members (excludes halogenated alkanes) is 1. The van der Waals surface area contributed by atoms with E-state index < -0.39 is 30.8 Å². The number of aliphatic hydroxyl groups is 1. The molecule has 0 aliphatic carbocycles. The minimum absolute atomic E-state index is 0.0481. The van der Waals surface area contributed by atoms with E-state index in [0.29, 0.717) is 18.4 Å². The van der Waals surface area contributed by atoms with E-state index in [1.165, 1.54) is 0 Å². The normalized spacial score (nSPS) is 15.3. The monoisotopic (exact) mass is 400 g/mol. The summed E-state index contributed by atoms with van der Waals surface area (Å²) >= 11 is 0. The van der Waals surface area contributed by atoms with Crippen LogP contribution >= 0.6 is 0 Å². The quantitative estimate of drug-likeness (QED) is 0.235. The molecule has 8 heteroatoms. The number of nitrogens with two attached hydrogens (primary N) is 1. The van der Waals surface area contributed by atoms with Crippen LogP contribution in [0.1, 0.15) is 42.5 Å². The molecule has 0 radical (unpaired) electrons. The van der Waals surface area contributed by atoms with Gasteiger partial charge in [0, 0.05) is 6.54 Å². The smallest absolute Gasteiger partial charge is 0.451 e. The number of hydrogen-bond donors (Lipinski definition) is 6. The number of aliphatic hydroxyl groups excluding tert-OH is 1. The second-order valence-electron chi connectivity index (χ2n) is 7.31. The summed E-state index contributed by atoms with van der Waals surface area (Å²) in [6.45, 7) is -0.0481. The van der Waals surface area contributed by atoms with Crippen molar-refractivity contribution in [3.05, 3.63) is 71.8 Å². The summed E-state index contributed by atoms with van der Waals surface area (Å²) in [5.74, 6) is -1.14. The third-order valence-corrected chi connectivity index (χ3v) is 5.01. The first-order valence-corrected chi connectivity index (χ1v) is 9.73. The predicted octanol–water partition coefficient (Wildman–Crippen LogP) is 1.48. The van der Waals surface area contributed by atoms with E-state index in [2.05, 4.69) is 5.32 Å². The maximum atomic E-state index is 11.8. The molecule has 0 aromatic heterocycles. The summed E-state index contributed by atoms with van der Waals surface area (Å²) in [6, 6.07) is 17.9. The summed E-state index contributed by atoms with van der Waals surface area (Å²) in [5.41, 5.74) is 6.15. The third-order valence-electron chi connectivity index (χ3n) is 5.01. The zero-order valence-electron chi connectivity index (χ0n) is 16.3. The van der Waals surface area contributed by atoms with Crippen LogP contribution in [0.5, 0.6) is 0 Å². The zero-order valence-corrected chi connectivity index (χ0v) is 16.3. The minimum atomic E-state index is -1.54. The number of rotatable bonds is 12. The molecule has 0 bridgehead atoms. The second kappa shape index (κ2) is 11.1. The molecule has 2 rings (SSSR count). The van der Waals surface area contributed by atoms with Crippen LogP contribution in [0.3, 0.4) is 0 Å². The van der Waals surface area contributed by atoms with E-state index in [9.17, 15) is 15.0 Å². The Labute approximate surface area is 171 Å². The van der Waals surface area contributed by atoms with Gasteiger partial charge in [0.2, 0.25) is 0 Å². The summed E-state index contributed by atoms with van der Waals surface area (Å²) < 4.78 is 0. The van der Waals surface area contributed by atoms with E-state index in [4.69, 9.17) is 15.8 Å². The van der Waals surface area contributed by atoms with Gasteiger partial charge < -0.3 is 31.3 Å². The molecule has 0 heterocycles. The van der Waals surface area contributed by atoms with E-state index >= 15 is 0 Å². The number of hydrogen-bond acceptors (Lipinski definition) is 6. The van der Waals surface area contributed by atoms with Gasteiger partial charge in [-0.2, -0.15) is 0 Å². The molecular weight excluding hydrogens is 371 g/mol. The number of carboxylic acid groups (broad SMARTS) is 1. The van der Waals surface area contributed by atoms with Crippen LogP contribution in [-0.4, -0.2) is 45.4 Å². The molecule has 156 valence electrons. The van der Waals surface area contributed by atoms with Crippen LogP contribution in [0.15, 0.2) is 60.7 Å². The fourth-order valence-electron chi connectivity index (χ4n) is 3.25. The molecule has 0 aliphatic rings. The van der Waals surface area contributed by atoms with Gasteiger partial charge in [-0.1, -0.05) is 73.5 Å². The van der Waals surface area contributed by atoms with E-state index in [1.807, 2.05) is 60.7 Å². The molecule has 2 aromatic carbocycles. The Morgan fingerprint density at radius 1 is 1.00 bits per heavy atom. The van der Waals surface area contributed by atoms with Crippen LogP contribution in [-0.2, 0) is 4.79 Å². The van der Waals surface area contributed by atoms with Gasteiger partial charge in [0.25, 0.3) is 0 Å². The molecule has 2 aromatic rings. The Balaban J connectivity index is 2.13. The Hall–Kier alpha value is -2.23. The first-order valence-electron chi connectivity index (χ1n) is 9.73. The van der Waals surface area contributed by atoms with Crippen LogP contribution < -0.4 is 11.1 Å². The molecule has 7 nitrogen and oxygen atoms in total. The number of carboxylic acids is 1. The van der Waals surface area contributed by atoms with Gasteiger partial charge in [0.15, 0.2) is 0 Å². The lowest BCUT2D eigenvalue weighted by Gasteiger charge is -2.31. The van der Waals surface area contributed by atoms with Crippen molar-refractivity contribution in [2.24, 2.45) is 5.73 Å². The van der Waals surface area contributed by atoms with E-state index in [-0.39, 0.29) is 19.3 Å². The second-order valence-corrected chi connectivity index (χ2v) is 7.31. The molecule has 0 aliphatic heterocycles. The van der Waals surface area contributed by atoms with Gasteiger partial charge in [0.05, 0.1) is 12.1 Å². The first kappa shape index (κ1) is 23.1. The first-order chi connectivity index (χ1) is 13.8. The van der Waals surface area contributed by atoms with Crippen LogP contribution in [0.4, 0.5) is 0 Å². The van der Waals surface area contributed by atoms with Crippen molar-refractivity contribution >= 4 is 13.1 Å². The number of benzene rings is 2. The standard InChI is InChI=1S/C21H29BN2O5/c23-21(20(26)27,13-7-8-14-22(28)29)15-24-18(16-9-3-1-4-10-16)19(25)17-11-5-2-6-12-17/h1-6,9-12,18-19,24-25,28-29H,7-8,13-15,23H2,(H,26,27)/t18-,19+,21?/m0/s1. The van der Waals surface area contributed by atoms with Crippen LogP contribution in [0, 0.1) is 0 Å². The molecular formula is C21H29BN2O5. The summed E-state index contributed by atoms with van der Waals surface area (Å²) in [4.78, 5) is 11.8. The molecule has 3 atom stereocenters. The van der Waals surface area contributed by atoms with Crippen molar-refractivity contribution in [1.82, 2.24) is 5.32 Å². The van der Waals surface area contributed by atoms with E-state index in [1.54, 1.807) is 0 Å². The van der Waals surface area contributed by atoms with Gasteiger partial charge >= 0.3 is 13.1 Å². The third kappa shape index (κ3) is 6.95. The maximum Gasteiger partial charge on any atom is 0.451 e. The molecule has 0 spiro atoms. The van der Waals surface area contributed by atoms with Crippen molar-refractivity contribution in [2.75, 3.05) is 6.54 Å². The highest BCUT2D eigenvalue weighted by Gasteiger charge is 2.35. The zero-order chi connectivity index (χ0) is 21.3. The van der Waals surface area contributed by atoms with Gasteiger partial charge in [-0.25, -0.2) is 0 Å². The Bertz CT molecular complexity index is 747. The molecule has 29 heavy (non-hydrogen) atoms. The van der Waals surface area contributed by atoms with Gasteiger partial charge in [-0.3, -0.25) is 4.79 Å². The van der Waals surface area contributed by atoms with Crippen molar-refractivity contribution in [2.45, 2.75) is 43.3 Å². The number of carbonyl (C=O) groups is 1. The number of nitrogens with one attached hydrogen (secondary N) is 1. The maximum absolute atomic E-state index is 11.8. The Morgan fingerprint density at radius 3 is 2.07 bits per heavy atom. The van der Waals surface area contributed by atoms with Crippen molar-refractivity contribution in [3.8, 4) is 0 Å². The summed E-state index contributed by atoms with van der Waals surface area (Å²) in [5, 5.41) is 41.6. The van der Waals surface area contributed by atoms with Crippen molar-refractivity contribution < 1.29 is 25.1 Å². The lowest BCUT2D eigenvalue weighted by atomic mass is 9.82. The fourth-order valence-corrected chi connectivity index (χ4v) is 3.25. The van der Waals surface area contributed by atoms with Crippen molar-refractivity contribution in [3.63, 3.8) is 0 Å². The SMILES string of the molecule is NC(CCCCB(O)O)(CN[C@@H](c1ccccc1)[C@H](O)c1ccccc1)C(=O)O. The molecule has 1 unspecified atom stereocenters. The molecule has 0 saturated carbocycles. The summed E-state index contributed by atoms with van der Waals surface area (Å²) in [7, 11) is -1.41.